The van der Waals surface area contributed by atoms with E-state index in [9.17, 15) is 14.0 Å². The summed E-state index contributed by atoms with van der Waals surface area (Å²) in [5.41, 5.74) is 0.550. The molecule has 0 bridgehead atoms. The summed E-state index contributed by atoms with van der Waals surface area (Å²) >= 11 is 3.11. The average molecular weight is 287 g/mol. The number of aliphatic carboxylic acids is 1. The second kappa shape index (κ2) is 3.97. The van der Waals surface area contributed by atoms with Crippen LogP contribution in [0.3, 0.4) is 0 Å². The zero-order valence-corrected chi connectivity index (χ0v) is 9.75. The lowest BCUT2D eigenvalue weighted by Crippen LogP contribution is -2.05. The summed E-state index contributed by atoms with van der Waals surface area (Å²) in [5.74, 6) is -2.26. The first-order valence-electron chi connectivity index (χ1n) is 4.73. The van der Waals surface area contributed by atoms with Crippen molar-refractivity contribution in [1.29, 1.82) is 0 Å². The van der Waals surface area contributed by atoms with E-state index in [1.165, 1.54) is 6.07 Å². The molecule has 0 amide bonds. The number of halogens is 2. The summed E-state index contributed by atoms with van der Waals surface area (Å²) in [6, 6.07) is 2.80. The molecule has 1 atom stereocenters. The third-order valence-electron chi connectivity index (χ3n) is 2.66. The van der Waals surface area contributed by atoms with Crippen molar-refractivity contribution in [1.82, 2.24) is 0 Å². The van der Waals surface area contributed by atoms with E-state index in [1.807, 2.05) is 0 Å². The van der Waals surface area contributed by atoms with Crippen LogP contribution in [-0.2, 0) is 4.79 Å². The van der Waals surface area contributed by atoms with Crippen LogP contribution in [0, 0.1) is 5.82 Å². The number of carboxylic acid groups (broad SMARTS) is 1. The van der Waals surface area contributed by atoms with Crippen molar-refractivity contribution < 1.29 is 19.1 Å². The van der Waals surface area contributed by atoms with Gasteiger partial charge in [-0.3, -0.25) is 9.59 Å². The minimum absolute atomic E-state index is 0.0784. The largest absolute Gasteiger partial charge is 0.481 e. The molecular weight excluding hydrogens is 279 g/mol. The zero-order chi connectivity index (χ0) is 11.9. The number of carbonyl (C=O) groups is 2. The number of hydrogen-bond donors (Lipinski definition) is 1. The molecule has 1 aliphatic carbocycles. The van der Waals surface area contributed by atoms with Crippen LogP contribution < -0.4 is 0 Å². The topological polar surface area (TPSA) is 54.4 Å². The Morgan fingerprint density at radius 2 is 2.25 bits per heavy atom. The Balaban J connectivity index is 2.48. The summed E-state index contributed by atoms with van der Waals surface area (Å²) in [7, 11) is 0. The first-order valence-corrected chi connectivity index (χ1v) is 5.52. The molecule has 0 aromatic heterocycles. The second-order valence-electron chi connectivity index (χ2n) is 3.77. The number of ketones is 1. The Hall–Kier alpha value is -1.23. The third-order valence-corrected chi connectivity index (χ3v) is 3.11. The van der Waals surface area contributed by atoms with E-state index >= 15 is 0 Å². The second-order valence-corrected chi connectivity index (χ2v) is 4.69. The number of benzene rings is 1. The summed E-state index contributed by atoms with van der Waals surface area (Å²) in [6.07, 6.45) is -0.133. The quantitative estimate of drug-likeness (QED) is 0.910. The van der Waals surface area contributed by atoms with Crippen LogP contribution in [0.2, 0.25) is 0 Å². The van der Waals surface area contributed by atoms with Crippen LogP contribution >= 0.6 is 15.9 Å². The van der Waals surface area contributed by atoms with Gasteiger partial charge in [0.2, 0.25) is 0 Å². The predicted octanol–water partition coefficient (Wildman–Crippen LogP) is 2.73. The summed E-state index contributed by atoms with van der Waals surface area (Å²) < 4.78 is 14.1. The predicted molar refractivity (Wildman–Crippen MR) is 58.0 cm³/mol. The Kier molecular flexibility index (Phi) is 2.80. The molecule has 1 aromatic carbocycles. The summed E-state index contributed by atoms with van der Waals surface area (Å²) in [6.45, 7) is 0. The Labute approximate surface area is 99.4 Å². The molecular formula is C11H8BrFO3. The van der Waals surface area contributed by atoms with Crippen molar-refractivity contribution in [3.05, 3.63) is 33.5 Å². The lowest BCUT2D eigenvalue weighted by atomic mass is 9.97. The van der Waals surface area contributed by atoms with Gasteiger partial charge in [0.25, 0.3) is 0 Å². The smallest absolute Gasteiger partial charge is 0.303 e. The van der Waals surface area contributed by atoms with Crippen LogP contribution in [0.1, 0.15) is 34.7 Å². The van der Waals surface area contributed by atoms with Gasteiger partial charge in [-0.05, 0) is 12.1 Å². The van der Waals surface area contributed by atoms with E-state index in [-0.39, 0.29) is 24.2 Å². The molecule has 1 aliphatic rings. The Morgan fingerprint density at radius 3 is 2.88 bits per heavy atom. The fraction of sp³-hybridized carbons (Fsp3) is 0.273. The number of fused-ring (bicyclic) bond motifs is 1. The number of carbonyl (C=O) groups excluding carboxylic acids is 1. The van der Waals surface area contributed by atoms with Crippen molar-refractivity contribution in [2.75, 3.05) is 0 Å². The van der Waals surface area contributed by atoms with Gasteiger partial charge in [-0.25, -0.2) is 4.39 Å². The number of rotatable bonds is 2. The van der Waals surface area contributed by atoms with Gasteiger partial charge < -0.3 is 5.11 Å². The normalized spacial score (nSPS) is 18.6. The van der Waals surface area contributed by atoms with Crippen LogP contribution in [0.25, 0.3) is 0 Å². The van der Waals surface area contributed by atoms with Gasteiger partial charge in [0.1, 0.15) is 5.82 Å². The maximum Gasteiger partial charge on any atom is 0.303 e. The van der Waals surface area contributed by atoms with E-state index in [2.05, 4.69) is 15.9 Å². The third kappa shape index (κ3) is 1.87. The monoisotopic (exact) mass is 286 g/mol. The Bertz CT molecular complexity index is 484. The van der Waals surface area contributed by atoms with Gasteiger partial charge in [-0.1, -0.05) is 15.9 Å². The fourth-order valence-electron chi connectivity index (χ4n) is 2.05. The molecule has 0 saturated heterocycles. The number of Topliss-reactive ketones (excluding diaryl/α,β-unsaturated/α-hetero) is 1. The molecule has 84 valence electrons. The first kappa shape index (κ1) is 11.3. The minimum atomic E-state index is -1.02. The van der Waals surface area contributed by atoms with E-state index in [1.54, 1.807) is 6.07 Å². The molecule has 16 heavy (non-hydrogen) atoms. The van der Waals surface area contributed by atoms with E-state index in [0.717, 1.165) is 0 Å². The van der Waals surface area contributed by atoms with Crippen LogP contribution in [0.5, 0.6) is 0 Å². The molecule has 0 heterocycles. The molecule has 0 spiro atoms. The first-order chi connectivity index (χ1) is 7.49. The van der Waals surface area contributed by atoms with Crippen LogP contribution in [0.4, 0.5) is 4.39 Å². The van der Waals surface area contributed by atoms with E-state index < -0.39 is 17.7 Å². The Morgan fingerprint density at radius 1 is 1.56 bits per heavy atom. The van der Waals surface area contributed by atoms with E-state index in [4.69, 9.17) is 5.11 Å². The van der Waals surface area contributed by atoms with Gasteiger partial charge in [0.15, 0.2) is 5.78 Å². The maximum atomic E-state index is 13.7. The summed E-state index contributed by atoms with van der Waals surface area (Å²) in [4.78, 5) is 22.2. The standard InChI is InChI=1S/C11H8BrFO3/c12-6-3-7-9(14)1-5(2-10(15)16)11(7)8(13)4-6/h3-5H,1-2H2,(H,15,16). The van der Waals surface area contributed by atoms with Crippen molar-refractivity contribution in [3.63, 3.8) is 0 Å². The molecule has 1 unspecified atom stereocenters. The van der Waals surface area contributed by atoms with Crippen molar-refractivity contribution in [2.45, 2.75) is 18.8 Å². The SMILES string of the molecule is O=C(O)CC1CC(=O)c2cc(Br)cc(F)c21. The molecule has 0 fully saturated rings. The molecule has 0 aliphatic heterocycles. The zero-order valence-electron chi connectivity index (χ0n) is 8.17. The fourth-order valence-corrected chi connectivity index (χ4v) is 2.48. The molecule has 0 saturated carbocycles. The minimum Gasteiger partial charge on any atom is -0.481 e. The van der Waals surface area contributed by atoms with Crippen LogP contribution in [0.15, 0.2) is 16.6 Å². The van der Waals surface area contributed by atoms with Gasteiger partial charge >= 0.3 is 5.97 Å². The molecule has 5 heteroatoms. The highest BCUT2D eigenvalue weighted by molar-refractivity contribution is 9.10. The average Bonchev–Trinajstić information content (AvgIpc) is 2.42. The van der Waals surface area contributed by atoms with Gasteiger partial charge in [-0.2, -0.15) is 0 Å². The number of hydrogen-bond acceptors (Lipinski definition) is 2. The highest BCUT2D eigenvalue weighted by Gasteiger charge is 2.33. The summed E-state index contributed by atoms with van der Waals surface area (Å²) in [5, 5.41) is 8.69. The molecule has 3 nitrogen and oxygen atoms in total. The highest BCUT2D eigenvalue weighted by atomic mass is 79.9. The van der Waals surface area contributed by atoms with Gasteiger partial charge in [0, 0.05) is 27.9 Å². The van der Waals surface area contributed by atoms with Crippen molar-refractivity contribution in [3.8, 4) is 0 Å². The van der Waals surface area contributed by atoms with Crippen molar-refractivity contribution >= 4 is 27.7 Å². The highest BCUT2D eigenvalue weighted by Crippen LogP contribution is 2.38. The van der Waals surface area contributed by atoms with Crippen LogP contribution in [-0.4, -0.2) is 16.9 Å². The molecule has 1 N–H and O–H groups in total. The molecule has 0 radical (unpaired) electrons. The number of carboxylic acids is 1. The molecule has 2 rings (SSSR count). The van der Waals surface area contributed by atoms with E-state index in [0.29, 0.717) is 10.0 Å². The molecule has 1 aromatic rings. The lowest BCUT2D eigenvalue weighted by Gasteiger charge is -2.08. The van der Waals surface area contributed by atoms with Gasteiger partial charge in [0.05, 0.1) is 6.42 Å². The maximum absolute atomic E-state index is 13.7. The van der Waals surface area contributed by atoms with Gasteiger partial charge in [-0.15, -0.1) is 0 Å². The lowest BCUT2D eigenvalue weighted by molar-refractivity contribution is -0.137. The van der Waals surface area contributed by atoms with Crippen molar-refractivity contribution in [2.24, 2.45) is 0 Å².